The first-order valence-corrected chi connectivity index (χ1v) is 10.8. The van der Waals surface area contributed by atoms with Crippen molar-refractivity contribution in [3.8, 4) is 0 Å². The number of fused-ring (bicyclic) bond motifs is 1. The van der Waals surface area contributed by atoms with Crippen LogP contribution < -0.4 is 16.0 Å². The van der Waals surface area contributed by atoms with E-state index in [0.717, 1.165) is 36.8 Å². The van der Waals surface area contributed by atoms with Crippen molar-refractivity contribution in [1.29, 1.82) is 0 Å². The SMILES string of the molecule is CN=C(NCCCn1c(C)nc2ccccc21)NCCNC(=O)CC1CCCC1.I. The van der Waals surface area contributed by atoms with Gasteiger partial charge in [-0.25, -0.2) is 4.98 Å². The molecule has 3 rings (SSSR count). The molecule has 1 aliphatic carbocycles. The van der Waals surface area contributed by atoms with Gasteiger partial charge in [-0.15, -0.1) is 24.0 Å². The standard InChI is InChI=1S/C22H34N6O.HI/c1-17-27-19-10-5-6-11-20(19)28(17)15-7-12-25-22(23-2)26-14-13-24-21(29)16-18-8-3-4-9-18;/h5-6,10-11,18H,3-4,7-9,12-16H2,1-2H3,(H,24,29)(H2,23,25,26);1H. The number of imidazole rings is 1. The van der Waals surface area contributed by atoms with E-state index in [1.54, 1.807) is 7.05 Å². The zero-order valence-corrected chi connectivity index (χ0v) is 20.4. The number of nitrogens with one attached hydrogen (secondary N) is 3. The number of benzene rings is 1. The van der Waals surface area contributed by atoms with Crippen molar-refractivity contribution < 1.29 is 4.79 Å². The van der Waals surface area contributed by atoms with Gasteiger partial charge in [0.2, 0.25) is 5.91 Å². The number of para-hydroxylation sites is 2. The van der Waals surface area contributed by atoms with E-state index >= 15 is 0 Å². The average Bonchev–Trinajstić information content (AvgIpc) is 3.34. The molecule has 7 nitrogen and oxygen atoms in total. The summed E-state index contributed by atoms with van der Waals surface area (Å²) in [5.41, 5.74) is 2.23. The van der Waals surface area contributed by atoms with E-state index < -0.39 is 0 Å². The van der Waals surface area contributed by atoms with Gasteiger partial charge in [0.25, 0.3) is 0 Å². The van der Waals surface area contributed by atoms with E-state index in [4.69, 9.17) is 0 Å². The second-order valence-corrected chi connectivity index (χ2v) is 7.78. The molecule has 166 valence electrons. The fourth-order valence-corrected chi connectivity index (χ4v) is 4.07. The molecule has 0 atom stereocenters. The summed E-state index contributed by atoms with van der Waals surface area (Å²) in [5, 5.41) is 9.60. The van der Waals surface area contributed by atoms with E-state index in [9.17, 15) is 4.79 Å². The maximum atomic E-state index is 12.0. The minimum Gasteiger partial charge on any atom is -0.356 e. The van der Waals surface area contributed by atoms with Crippen LogP contribution in [-0.2, 0) is 11.3 Å². The highest BCUT2D eigenvalue weighted by Crippen LogP contribution is 2.27. The van der Waals surface area contributed by atoms with Crippen LogP contribution in [-0.4, -0.2) is 48.1 Å². The van der Waals surface area contributed by atoms with Crippen molar-refractivity contribution in [3.05, 3.63) is 30.1 Å². The van der Waals surface area contributed by atoms with Crippen LogP contribution in [0.2, 0.25) is 0 Å². The van der Waals surface area contributed by atoms with Crippen LogP contribution in [0.3, 0.4) is 0 Å². The van der Waals surface area contributed by atoms with Crippen LogP contribution in [0.5, 0.6) is 0 Å². The lowest BCUT2D eigenvalue weighted by molar-refractivity contribution is -0.121. The third-order valence-corrected chi connectivity index (χ3v) is 5.61. The number of aliphatic imine (C=N–C) groups is 1. The number of rotatable bonds is 9. The van der Waals surface area contributed by atoms with Crippen LogP contribution in [0.4, 0.5) is 0 Å². The molecule has 1 aromatic carbocycles. The van der Waals surface area contributed by atoms with Gasteiger partial charge in [-0.3, -0.25) is 9.79 Å². The summed E-state index contributed by atoms with van der Waals surface area (Å²) in [6, 6.07) is 8.24. The second-order valence-electron chi connectivity index (χ2n) is 7.78. The normalized spacial score (nSPS) is 14.5. The van der Waals surface area contributed by atoms with Gasteiger partial charge in [0.15, 0.2) is 5.96 Å². The van der Waals surface area contributed by atoms with Crippen LogP contribution in [0.15, 0.2) is 29.3 Å². The number of aryl methyl sites for hydroxylation is 2. The van der Waals surface area contributed by atoms with Gasteiger partial charge in [-0.1, -0.05) is 25.0 Å². The van der Waals surface area contributed by atoms with Crippen molar-refractivity contribution >= 4 is 46.9 Å². The Bertz CT molecular complexity index is 828. The Morgan fingerprint density at radius 3 is 2.60 bits per heavy atom. The smallest absolute Gasteiger partial charge is 0.220 e. The predicted octanol–water partition coefficient (Wildman–Crippen LogP) is 3.21. The highest BCUT2D eigenvalue weighted by atomic mass is 127. The summed E-state index contributed by atoms with van der Waals surface area (Å²) < 4.78 is 2.26. The first kappa shape index (κ1) is 24.4. The predicted molar refractivity (Wildman–Crippen MR) is 133 cm³/mol. The zero-order chi connectivity index (χ0) is 20.5. The number of carbonyl (C=O) groups is 1. The minimum absolute atomic E-state index is 0. The molecule has 8 heteroatoms. The third kappa shape index (κ3) is 7.14. The number of carbonyl (C=O) groups excluding carboxylic acids is 1. The lowest BCUT2D eigenvalue weighted by Crippen LogP contribution is -2.42. The molecule has 30 heavy (non-hydrogen) atoms. The Balaban J connectivity index is 0.00000320. The molecule has 1 aliphatic rings. The Labute approximate surface area is 196 Å². The van der Waals surface area contributed by atoms with Gasteiger partial charge in [0.05, 0.1) is 11.0 Å². The van der Waals surface area contributed by atoms with Crippen LogP contribution in [0.25, 0.3) is 11.0 Å². The monoisotopic (exact) mass is 526 g/mol. The van der Waals surface area contributed by atoms with Gasteiger partial charge in [0.1, 0.15) is 5.82 Å². The summed E-state index contributed by atoms with van der Waals surface area (Å²) in [4.78, 5) is 20.8. The maximum absolute atomic E-state index is 12.0. The number of guanidine groups is 1. The molecule has 1 saturated carbocycles. The number of hydrogen-bond acceptors (Lipinski definition) is 3. The summed E-state index contributed by atoms with van der Waals surface area (Å²) >= 11 is 0. The van der Waals surface area contributed by atoms with Gasteiger partial charge >= 0.3 is 0 Å². The summed E-state index contributed by atoms with van der Waals surface area (Å²) in [7, 11) is 1.77. The maximum Gasteiger partial charge on any atom is 0.220 e. The summed E-state index contributed by atoms with van der Waals surface area (Å²) in [5.74, 6) is 2.57. The second kappa shape index (κ2) is 12.8. The number of halogens is 1. The molecule has 1 aromatic heterocycles. The highest BCUT2D eigenvalue weighted by Gasteiger charge is 2.17. The molecule has 0 unspecified atom stereocenters. The Kier molecular flexibility index (Phi) is 10.4. The van der Waals surface area contributed by atoms with Crippen molar-refractivity contribution in [3.63, 3.8) is 0 Å². The third-order valence-electron chi connectivity index (χ3n) is 5.61. The molecule has 0 saturated heterocycles. The van der Waals surface area contributed by atoms with Crippen molar-refractivity contribution in [2.75, 3.05) is 26.7 Å². The van der Waals surface area contributed by atoms with Gasteiger partial charge in [-0.05, 0) is 44.2 Å². The molecule has 0 radical (unpaired) electrons. The molecule has 0 spiro atoms. The van der Waals surface area contributed by atoms with E-state index in [-0.39, 0.29) is 29.9 Å². The lowest BCUT2D eigenvalue weighted by atomic mass is 10.0. The van der Waals surface area contributed by atoms with Crippen molar-refractivity contribution in [2.45, 2.75) is 52.0 Å². The molecule has 2 aromatic rings. The van der Waals surface area contributed by atoms with E-state index in [2.05, 4.69) is 55.6 Å². The lowest BCUT2D eigenvalue weighted by Gasteiger charge is -2.14. The Hall–Kier alpha value is -1.84. The molecule has 3 N–H and O–H groups in total. The van der Waals surface area contributed by atoms with Crippen LogP contribution >= 0.6 is 24.0 Å². The van der Waals surface area contributed by atoms with Crippen LogP contribution in [0.1, 0.15) is 44.3 Å². The first-order chi connectivity index (χ1) is 14.2. The highest BCUT2D eigenvalue weighted by molar-refractivity contribution is 14.0. The molecule has 1 fully saturated rings. The van der Waals surface area contributed by atoms with E-state index in [1.807, 2.05) is 6.07 Å². The minimum atomic E-state index is 0. The number of aromatic nitrogens is 2. The zero-order valence-electron chi connectivity index (χ0n) is 18.1. The molecule has 1 amide bonds. The number of nitrogens with zero attached hydrogens (tertiary/aromatic N) is 3. The van der Waals surface area contributed by atoms with Gasteiger partial charge in [-0.2, -0.15) is 0 Å². The topological polar surface area (TPSA) is 83.3 Å². The molecular formula is C22H35IN6O. The Morgan fingerprint density at radius 2 is 1.83 bits per heavy atom. The largest absolute Gasteiger partial charge is 0.356 e. The van der Waals surface area contributed by atoms with Crippen molar-refractivity contribution in [1.82, 2.24) is 25.5 Å². The number of amides is 1. The fraction of sp³-hybridized carbons (Fsp3) is 0.591. The summed E-state index contributed by atoms with van der Waals surface area (Å²) in [6.45, 7) is 5.07. The number of hydrogen-bond donors (Lipinski definition) is 3. The molecule has 0 bridgehead atoms. The molecule has 1 heterocycles. The first-order valence-electron chi connectivity index (χ1n) is 10.8. The molecular weight excluding hydrogens is 491 g/mol. The quantitative estimate of drug-likeness (QED) is 0.203. The van der Waals surface area contributed by atoms with Crippen molar-refractivity contribution in [2.24, 2.45) is 10.9 Å². The van der Waals surface area contributed by atoms with Crippen LogP contribution in [0, 0.1) is 12.8 Å². The van der Waals surface area contributed by atoms with Gasteiger partial charge < -0.3 is 20.5 Å². The van der Waals surface area contributed by atoms with E-state index in [1.165, 1.54) is 31.2 Å². The average molecular weight is 526 g/mol. The summed E-state index contributed by atoms with van der Waals surface area (Å²) in [6.07, 6.45) is 6.61. The molecule has 0 aliphatic heterocycles. The fourth-order valence-electron chi connectivity index (χ4n) is 4.07. The van der Waals surface area contributed by atoms with E-state index in [0.29, 0.717) is 25.4 Å². The van der Waals surface area contributed by atoms with Gasteiger partial charge in [0, 0.05) is 39.6 Å². The Morgan fingerprint density at radius 1 is 1.13 bits per heavy atom.